The molecule has 0 fully saturated rings. The SMILES string of the molecule is CC(=O)c1c[nH]c(C(=O)OC/C=C/c2ccccc2)c1. The molecule has 2 aromatic rings. The number of aromatic nitrogens is 1. The molecule has 0 atom stereocenters. The van der Waals surface area contributed by atoms with Crippen molar-refractivity contribution in [3.63, 3.8) is 0 Å². The quantitative estimate of drug-likeness (QED) is 0.670. The van der Waals surface area contributed by atoms with Crippen molar-refractivity contribution in [2.45, 2.75) is 6.92 Å². The lowest BCUT2D eigenvalue weighted by Crippen LogP contribution is -2.05. The fourth-order valence-corrected chi connectivity index (χ4v) is 1.67. The number of H-pyrrole nitrogens is 1. The summed E-state index contributed by atoms with van der Waals surface area (Å²) in [5, 5.41) is 0. The maximum atomic E-state index is 11.7. The monoisotopic (exact) mass is 269 g/mol. The van der Waals surface area contributed by atoms with Crippen molar-refractivity contribution < 1.29 is 14.3 Å². The first-order valence-corrected chi connectivity index (χ1v) is 6.25. The van der Waals surface area contributed by atoms with Gasteiger partial charge in [0.2, 0.25) is 0 Å². The van der Waals surface area contributed by atoms with Gasteiger partial charge in [-0.15, -0.1) is 0 Å². The molecule has 4 heteroatoms. The Labute approximate surface area is 117 Å². The average Bonchev–Trinajstić information content (AvgIpc) is 2.94. The molecule has 1 N–H and O–H groups in total. The Hall–Kier alpha value is -2.62. The normalized spacial score (nSPS) is 10.7. The van der Waals surface area contributed by atoms with E-state index in [0.717, 1.165) is 5.56 Å². The molecule has 0 saturated carbocycles. The molecule has 1 aromatic carbocycles. The van der Waals surface area contributed by atoms with Gasteiger partial charge < -0.3 is 9.72 Å². The summed E-state index contributed by atoms with van der Waals surface area (Å²) in [6.45, 7) is 1.63. The molecule has 0 unspecified atom stereocenters. The Kier molecular flexibility index (Phi) is 4.50. The van der Waals surface area contributed by atoms with Crippen molar-refractivity contribution in [3.05, 3.63) is 65.5 Å². The summed E-state index contributed by atoms with van der Waals surface area (Å²) in [6.07, 6.45) is 5.14. The minimum Gasteiger partial charge on any atom is -0.457 e. The molecule has 0 aliphatic heterocycles. The average molecular weight is 269 g/mol. The lowest BCUT2D eigenvalue weighted by atomic mass is 10.2. The van der Waals surface area contributed by atoms with Crippen molar-refractivity contribution in [2.24, 2.45) is 0 Å². The van der Waals surface area contributed by atoms with Gasteiger partial charge in [0, 0.05) is 11.8 Å². The topological polar surface area (TPSA) is 59.2 Å². The van der Waals surface area contributed by atoms with Crippen molar-refractivity contribution >= 4 is 17.8 Å². The van der Waals surface area contributed by atoms with Crippen LogP contribution in [0.25, 0.3) is 6.08 Å². The molecule has 102 valence electrons. The Balaban J connectivity index is 1.86. The molecule has 0 bridgehead atoms. The molecular weight excluding hydrogens is 254 g/mol. The number of aromatic amines is 1. The van der Waals surface area contributed by atoms with E-state index in [1.54, 1.807) is 6.08 Å². The van der Waals surface area contributed by atoms with Crippen LogP contribution in [0, 0.1) is 0 Å². The Morgan fingerprint density at radius 3 is 2.65 bits per heavy atom. The highest BCUT2D eigenvalue weighted by Crippen LogP contribution is 2.06. The van der Waals surface area contributed by atoms with Crippen LogP contribution in [0.1, 0.15) is 33.3 Å². The summed E-state index contributed by atoms with van der Waals surface area (Å²) in [5.41, 5.74) is 1.79. The smallest absolute Gasteiger partial charge is 0.355 e. The van der Waals surface area contributed by atoms with Gasteiger partial charge in [0.1, 0.15) is 12.3 Å². The van der Waals surface area contributed by atoms with E-state index in [4.69, 9.17) is 4.74 Å². The maximum Gasteiger partial charge on any atom is 0.355 e. The van der Waals surface area contributed by atoms with Gasteiger partial charge in [-0.3, -0.25) is 4.79 Å². The number of ether oxygens (including phenoxy) is 1. The molecule has 20 heavy (non-hydrogen) atoms. The standard InChI is InChI=1S/C16H15NO3/c1-12(18)14-10-15(17-11-14)16(19)20-9-5-8-13-6-3-2-4-7-13/h2-8,10-11,17H,9H2,1H3/b8-5+. The second-order valence-electron chi connectivity index (χ2n) is 4.27. The van der Waals surface area contributed by atoms with E-state index in [2.05, 4.69) is 4.98 Å². The summed E-state index contributed by atoms with van der Waals surface area (Å²) in [6, 6.07) is 11.2. The van der Waals surface area contributed by atoms with Gasteiger partial charge in [0.05, 0.1) is 0 Å². The number of carbonyl (C=O) groups is 2. The minimum atomic E-state index is -0.477. The lowest BCUT2D eigenvalue weighted by molar-refractivity contribution is 0.0544. The van der Waals surface area contributed by atoms with E-state index in [1.165, 1.54) is 19.2 Å². The zero-order valence-electron chi connectivity index (χ0n) is 11.1. The van der Waals surface area contributed by atoms with Crippen LogP contribution in [0.4, 0.5) is 0 Å². The predicted octanol–water partition coefficient (Wildman–Crippen LogP) is 3.09. The third-order valence-corrected chi connectivity index (χ3v) is 2.73. The van der Waals surface area contributed by atoms with Crippen LogP contribution < -0.4 is 0 Å². The number of carbonyl (C=O) groups excluding carboxylic acids is 2. The van der Waals surface area contributed by atoms with Crippen LogP contribution in [-0.2, 0) is 4.74 Å². The lowest BCUT2D eigenvalue weighted by Gasteiger charge is -1.99. The van der Waals surface area contributed by atoms with Gasteiger partial charge in [-0.1, -0.05) is 36.4 Å². The van der Waals surface area contributed by atoms with Crippen molar-refractivity contribution in [3.8, 4) is 0 Å². The van der Waals surface area contributed by atoms with E-state index in [0.29, 0.717) is 5.56 Å². The van der Waals surface area contributed by atoms with E-state index in [1.807, 2.05) is 36.4 Å². The zero-order valence-corrected chi connectivity index (χ0v) is 11.1. The van der Waals surface area contributed by atoms with E-state index >= 15 is 0 Å². The number of hydrogen-bond acceptors (Lipinski definition) is 3. The largest absolute Gasteiger partial charge is 0.457 e. The molecule has 0 amide bonds. The number of Topliss-reactive ketones (excluding diaryl/α,β-unsaturated/α-hetero) is 1. The number of benzene rings is 1. The number of hydrogen-bond donors (Lipinski definition) is 1. The number of esters is 1. The summed E-state index contributed by atoms with van der Waals surface area (Å²) in [4.78, 5) is 25.5. The second kappa shape index (κ2) is 6.52. The second-order valence-corrected chi connectivity index (χ2v) is 4.27. The first-order chi connectivity index (χ1) is 9.66. The maximum absolute atomic E-state index is 11.7. The van der Waals surface area contributed by atoms with Crippen molar-refractivity contribution in [2.75, 3.05) is 6.61 Å². The Bertz CT molecular complexity index is 626. The van der Waals surface area contributed by atoms with Crippen LogP contribution >= 0.6 is 0 Å². The van der Waals surface area contributed by atoms with Gasteiger partial charge in [-0.2, -0.15) is 0 Å². The summed E-state index contributed by atoms with van der Waals surface area (Å²) in [5.74, 6) is -0.570. The highest BCUT2D eigenvalue weighted by Gasteiger charge is 2.10. The fourth-order valence-electron chi connectivity index (χ4n) is 1.67. The number of rotatable bonds is 5. The molecule has 1 aromatic heterocycles. The molecule has 2 rings (SSSR count). The molecule has 0 saturated heterocycles. The van der Waals surface area contributed by atoms with Crippen LogP contribution in [0.5, 0.6) is 0 Å². The molecule has 0 aliphatic rings. The minimum absolute atomic E-state index is 0.0933. The van der Waals surface area contributed by atoms with Crippen molar-refractivity contribution in [1.82, 2.24) is 4.98 Å². The van der Waals surface area contributed by atoms with Gasteiger partial charge in [-0.25, -0.2) is 4.79 Å². The molecule has 0 radical (unpaired) electrons. The number of nitrogens with one attached hydrogen (secondary N) is 1. The van der Waals surface area contributed by atoms with Gasteiger partial charge >= 0.3 is 5.97 Å². The zero-order chi connectivity index (χ0) is 14.4. The Morgan fingerprint density at radius 2 is 2.00 bits per heavy atom. The highest BCUT2D eigenvalue weighted by molar-refractivity contribution is 5.97. The third-order valence-electron chi connectivity index (χ3n) is 2.73. The Morgan fingerprint density at radius 1 is 1.25 bits per heavy atom. The highest BCUT2D eigenvalue weighted by atomic mass is 16.5. The first kappa shape index (κ1) is 13.8. The van der Waals surface area contributed by atoms with E-state index in [9.17, 15) is 9.59 Å². The summed E-state index contributed by atoms with van der Waals surface area (Å²) in [7, 11) is 0. The number of ketones is 1. The van der Waals surface area contributed by atoms with E-state index in [-0.39, 0.29) is 18.1 Å². The van der Waals surface area contributed by atoms with Crippen LogP contribution in [0.2, 0.25) is 0 Å². The van der Waals surface area contributed by atoms with Crippen LogP contribution in [0.3, 0.4) is 0 Å². The molecular formula is C16H15NO3. The van der Waals surface area contributed by atoms with Gasteiger partial charge in [0.25, 0.3) is 0 Å². The van der Waals surface area contributed by atoms with Gasteiger partial charge in [-0.05, 0) is 24.6 Å². The predicted molar refractivity (Wildman–Crippen MR) is 76.6 cm³/mol. The molecule has 1 heterocycles. The fraction of sp³-hybridized carbons (Fsp3) is 0.125. The van der Waals surface area contributed by atoms with Crippen LogP contribution in [0.15, 0.2) is 48.7 Å². The molecule has 4 nitrogen and oxygen atoms in total. The molecule has 0 spiro atoms. The van der Waals surface area contributed by atoms with Gasteiger partial charge in [0.15, 0.2) is 5.78 Å². The first-order valence-electron chi connectivity index (χ1n) is 6.25. The van der Waals surface area contributed by atoms with Crippen LogP contribution in [-0.4, -0.2) is 23.3 Å². The third kappa shape index (κ3) is 3.68. The summed E-state index contributed by atoms with van der Waals surface area (Å²) < 4.78 is 5.07. The van der Waals surface area contributed by atoms with Crippen molar-refractivity contribution in [1.29, 1.82) is 0 Å². The molecule has 0 aliphatic carbocycles. The summed E-state index contributed by atoms with van der Waals surface area (Å²) >= 11 is 0. The van der Waals surface area contributed by atoms with E-state index < -0.39 is 5.97 Å².